The van der Waals surface area contributed by atoms with Gasteiger partial charge < -0.3 is 15.8 Å². The molecule has 0 saturated carbocycles. The maximum atomic E-state index is 11.6. The summed E-state index contributed by atoms with van der Waals surface area (Å²) in [5, 5.41) is 2.79. The highest BCUT2D eigenvalue weighted by Gasteiger charge is 2.05. The van der Waals surface area contributed by atoms with E-state index in [1.807, 2.05) is 0 Å². The molecule has 0 aromatic carbocycles. The van der Waals surface area contributed by atoms with Crippen LogP contribution >= 0.6 is 0 Å². The van der Waals surface area contributed by atoms with Gasteiger partial charge in [0, 0.05) is 19.8 Å². The van der Waals surface area contributed by atoms with Crippen LogP contribution in [-0.4, -0.2) is 30.6 Å². The van der Waals surface area contributed by atoms with Crippen molar-refractivity contribution in [2.24, 2.45) is 0 Å². The van der Waals surface area contributed by atoms with Gasteiger partial charge in [-0.15, -0.1) is 0 Å². The lowest BCUT2D eigenvalue weighted by atomic mass is 10.3. The number of hydrogen-bond acceptors (Lipinski definition) is 4. The Labute approximate surface area is 108 Å². The van der Waals surface area contributed by atoms with Crippen LogP contribution in [0.15, 0.2) is 18.3 Å². The van der Waals surface area contributed by atoms with E-state index in [-0.39, 0.29) is 5.91 Å². The number of anilines is 1. The molecule has 0 aliphatic heterocycles. The Kier molecular flexibility index (Phi) is 6.79. The number of pyridine rings is 1. The number of amides is 1. The monoisotopic (exact) mass is 251 g/mol. The van der Waals surface area contributed by atoms with E-state index in [9.17, 15) is 4.79 Å². The fourth-order valence-electron chi connectivity index (χ4n) is 1.35. The van der Waals surface area contributed by atoms with Gasteiger partial charge in [-0.2, -0.15) is 0 Å². The number of aromatic nitrogens is 1. The van der Waals surface area contributed by atoms with Crippen LogP contribution < -0.4 is 11.1 Å². The van der Waals surface area contributed by atoms with Gasteiger partial charge in [0.15, 0.2) is 0 Å². The van der Waals surface area contributed by atoms with Crippen molar-refractivity contribution in [2.45, 2.75) is 26.2 Å². The summed E-state index contributed by atoms with van der Waals surface area (Å²) in [6.07, 6.45) is 4.51. The van der Waals surface area contributed by atoms with Crippen molar-refractivity contribution in [3.63, 3.8) is 0 Å². The molecule has 5 nitrogen and oxygen atoms in total. The molecule has 1 rings (SSSR count). The van der Waals surface area contributed by atoms with E-state index < -0.39 is 0 Å². The molecule has 1 aromatic rings. The molecular formula is C13H21N3O2. The third-order valence-corrected chi connectivity index (χ3v) is 2.41. The first-order chi connectivity index (χ1) is 8.74. The lowest BCUT2D eigenvalue weighted by Crippen LogP contribution is -2.26. The third kappa shape index (κ3) is 5.63. The van der Waals surface area contributed by atoms with Crippen molar-refractivity contribution < 1.29 is 9.53 Å². The van der Waals surface area contributed by atoms with Gasteiger partial charge >= 0.3 is 0 Å². The molecule has 5 heteroatoms. The van der Waals surface area contributed by atoms with Crippen molar-refractivity contribution in [1.82, 2.24) is 10.3 Å². The standard InChI is InChI=1S/C13H21N3O2/c1-2-3-8-18-9-4-7-15-13(17)12-6-5-11(14)10-16-12/h5-6,10H,2-4,7-9,14H2,1H3,(H,15,17). The molecule has 1 heterocycles. The Morgan fingerprint density at radius 1 is 1.39 bits per heavy atom. The highest BCUT2D eigenvalue weighted by Crippen LogP contribution is 2.00. The van der Waals surface area contributed by atoms with Gasteiger partial charge in [-0.25, -0.2) is 4.98 Å². The predicted octanol–water partition coefficient (Wildman–Crippen LogP) is 1.60. The number of nitrogens with one attached hydrogen (secondary N) is 1. The zero-order chi connectivity index (χ0) is 13.2. The second-order valence-electron chi connectivity index (χ2n) is 4.05. The summed E-state index contributed by atoms with van der Waals surface area (Å²) in [5.41, 5.74) is 6.43. The summed E-state index contributed by atoms with van der Waals surface area (Å²) in [7, 11) is 0. The van der Waals surface area contributed by atoms with Crippen LogP contribution in [0.4, 0.5) is 5.69 Å². The molecule has 18 heavy (non-hydrogen) atoms. The summed E-state index contributed by atoms with van der Waals surface area (Å²) in [4.78, 5) is 15.6. The van der Waals surface area contributed by atoms with Crippen molar-refractivity contribution in [3.05, 3.63) is 24.0 Å². The quantitative estimate of drug-likeness (QED) is 0.688. The Morgan fingerprint density at radius 3 is 2.83 bits per heavy atom. The molecule has 0 saturated heterocycles. The Hall–Kier alpha value is -1.62. The zero-order valence-electron chi connectivity index (χ0n) is 10.8. The Balaban J connectivity index is 2.12. The number of rotatable bonds is 8. The number of nitrogens with two attached hydrogens (primary N) is 1. The molecular weight excluding hydrogens is 230 g/mol. The molecule has 0 unspecified atom stereocenters. The van der Waals surface area contributed by atoms with Crippen molar-refractivity contribution in [1.29, 1.82) is 0 Å². The van der Waals surface area contributed by atoms with Crippen LogP contribution in [0.1, 0.15) is 36.7 Å². The number of hydrogen-bond donors (Lipinski definition) is 2. The highest BCUT2D eigenvalue weighted by molar-refractivity contribution is 5.92. The van der Waals surface area contributed by atoms with E-state index >= 15 is 0 Å². The summed E-state index contributed by atoms with van der Waals surface area (Å²) >= 11 is 0. The number of carbonyl (C=O) groups is 1. The fraction of sp³-hybridized carbons (Fsp3) is 0.538. The van der Waals surface area contributed by atoms with Gasteiger partial charge in [-0.1, -0.05) is 13.3 Å². The molecule has 0 atom stereocenters. The lowest BCUT2D eigenvalue weighted by Gasteiger charge is -2.05. The Bertz CT molecular complexity index is 352. The van der Waals surface area contributed by atoms with Gasteiger partial charge in [0.05, 0.1) is 11.9 Å². The lowest BCUT2D eigenvalue weighted by molar-refractivity contribution is 0.0935. The maximum absolute atomic E-state index is 11.6. The highest BCUT2D eigenvalue weighted by atomic mass is 16.5. The molecule has 3 N–H and O–H groups in total. The molecule has 0 radical (unpaired) electrons. The number of carbonyl (C=O) groups excluding carboxylic acids is 1. The van der Waals surface area contributed by atoms with E-state index in [2.05, 4.69) is 17.2 Å². The van der Waals surface area contributed by atoms with Gasteiger partial charge in [0.25, 0.3) is 5.91 Å². The fourth-order valence-corrected chi connectivity index (χ4v) is 1.35. The van der Waals surface area contributed by atoms with Crippen LogP contribution in [0.5, 0.6) is 0 Å². The van der Waals surface area contributed by atoms with Crippen LogP contribution in [0.3, 0.4) is 0 Å². The van der Waals surface area contributed by atoms with Gasteiger partial charge in [-0.3, -0.25) is 4.79 Å². The molecule has 0 fully saturated rings. The van der Waals surface area contributed by atoms with E-state index in [0.29, 0.717) is 24.5 Å². The molecule has 0 spiro atoms. The summed E-state index contributed by atoms with van der Waals surface area (Å²) < 4.78 is 5.39. The molecule has 0 bridgehead atoms. The molecule has 0 aliphatic carbocycles. The van der Waals surface area contributed by atoms with Crippen LogP contribution in [0.2, 0.25) is 0 Å². The average Bonchev–Trinajstić information content (AvgIpc) is 2.38. The van der Waals surface area contributed by atoms with E-state index in [1.54, 1.807) is 12.1 Å². The second kappa shape index (κ2) is 8.47. The van der Waals surface area contributed by atoms with Crippen LogP contribution in [-0.2, 0) is 4.74 Å². The maximum Gasteiger partial charge on any atom is 0.269 e. The molecule has 1 aromatic heterocycles. The van der Waals surface area contributed by atoms with Crippen molar-refractivity contribution in [2.75, 3.05) is 25.5 Å². The summed E-state index contributed by atoms with van der Waals surface area (Å²) in [5.74, 6) is -0.177. The first-order valence-electron chi connectivity index (χ1n) is 6.31. The number of ether oxygens (including phenoxy) is 1. The smallest absolute Gasteiger partial charge is 0.269 e. The first kappa shape index (κ1) is 14.4. The number of unbranched alkanes of at least 4 members (excludes halogenated alkanes) is 1. The zero-order valence-corrected chi connectivity index (χ0v) is 10.8. The molecule has 0 aliphatic rings. The molecule has 100 valence electrons. The predicted molar refractivity (Wildman–Crippen MR) is 71.3 cm³/mol. The van der Waals surface area contributed by atoms with Gasteiger partial charge in [-0.05, 0) is 25.0 Å². The third-order valence-electron chi connectivity index (χ3n) is 2.41. The van der Waals surface area contributed by atoms with E-state index in [0.717, 1.165) is 25.9 Å². The Morgan fingerprint density at radius 2 is 2.17 bits per heavy atom. The largest absolute Gasteiger partial charge is 0.397 e. The van der Waals surface area contributed by atoms with Crippen molar-refractivity contribution in [3.8, 4) is 0 Å². The van der Waals surface area contributed by atoms with Crippen LogP contribution in [0, 0.1) is 0 Å². The normalized spacial score (nSPS) is 10.3. The van der Waals surface area contributed by atoms with Gasteiger partial charge in [0.2, 0.25) is 0 Å². The summed E-state index contributed by atoms with van der Waals surface area (Å²) in [6.45, 7) is 4.19. The van der Waals surface area contributed by atoms with Crippen LogP contribution in [0.25, 0.3) is 0 Å². The minimum atomic E-state index is -0.177. The molecule has 1 amide bonds. The van der Waals surface area contributed by atoms with E-state index in [1.165, 1.54) is 6.20 Å². The summed E-state index contributed by atoms with van der Waals surface area (Å²) in [6, 6.07) is 3.28. The topological polar surface area (TPSA) is 77.2 Å². The van der Waals surface area contributed by atoms with E-state index in [4.69, 9.17) is 10.5 Å². The minimum absolute atomic E-state index is 0.177. The SMILES string of the molecule is CCCCOCCCNC(=O)c1ccc(N)cn1. The van der Waals surface area contributed by atoms with Gasteiger partial charge in [0.1, 0.15) is 5.69 Å². The number of nitrogen functional groups attached to an aromatic ring is 1. The van der Waals surface area contributed by atoms with Crippen molar-refractivity contribution >= 4 is 11.6 Å². The number of nitrogens with zero attached hydrogens (tertiary/aromatic N) is 1. The second-order valence-corrected chi connectivity index (χ2v) is 4.05. The average molecular weight is 251 g/mol. The minimum Gasteiger partial charge on any atom is -0.397 e. The first-order valence-corrected chi connectivity index (χ1v) is 6.31.